The number of aromatic nitrogens is 1. The van der Waals surface area contributed by atoms with Gasteiger partial charge in [-0.15, -0.1) is 0 Å². The van der Waals surface area contributed by atoms with Gasteiger partial charge in [-0.2, -0.15) is 0 Å². The minimum absolute atomic E-state index is 0.240. The van der Waals surface area contributed by atoms with Crippen molar-refractivity contribution in [2.75, 3.05) is 5.32 Å². The predicted molar refractivity (Wildman–Crippen MR) is 49.9 cm³/mol. The minimum Gasteiger partial charge on any atom is -0.481 e. The molecule has 1 aromatic heterocycles. The molecular formula is C9H10F2N2O2. The van der Waals surface area contributed by atoms with Crippen LogP contribution in [0.1, 0.15) is 6.42 Å². The number of carboxylic acid groups (broad SMARTS) is 1. The summed E-state index contributed by atoms with van der Waals surface area (Å²) in [6.07, 6.45) is -1.96. The average Bonchev–Trinajstić information content (AvgIpc) is 2.17. The predicted octanol–water partition coefficient (Wildman–Crippen LogP) is 1.60. The largest absolute Gasteiger partial charge is 0.481 e. The summed E-state index contributed by atoms with van der Waals surface area (Å²) >= 11 is 0. The molecule has 1 rings (SSSR count). The van der Waals surface area contributed by atoms with E-state index in [0.717, 1.165) is 0 Å². The standard InChI is InChI=1S/C9H10F2N2O2/c10-9(11)6(5-8(14)15)13-7-3-1-2-4-12-7/h1-4,6,9H,5H2,(H,12,13)(H,14,15)/t6-/m0/s1. The van der Waals surface area contributed by atoms with Crippen molar-refractivity contribution in [1.29, 1.82) is 0 Å². The zero-order valence-electron chi connectivity index (χ0n) is 7.73. The van der Waals surface area contributed by atoms with Crippen LogP contribution in [0.15, 0.2) is 24.4 Å². The highest BCUT2D eigenvalue weighted by atomic mass is 19.3. The van der Waals surface area contributed by atoms with Gasteiger partial charge in [0, 0.05) is 6.20 Å². The highest BCUT2D eigenvalue weighted by molar-refractivity contribution is 5.68. The molecular weight excluding hydrogens is 206 g/mol. The zero-order valence-corrected chi connectivity index (χ0v) is 7.73. The van der Waals surface area contributed by atoms with E-state index in [1.165, 1.54) is 12.3 Å². The van der Waals surface area contributed by atoms with Gasteiger partial charge in [0.25, 0.3) is 6.43 Å². The Labute approximate surface area is 84.9 Å². The summed E-state index contributed by atoms with van der Waals surface area (Å²) in [7, 11) is 0. The number of nitrogens with one attached hydrogen (secondary N) is 1. The number of hydrogen-bond acceptors (Lipinski definition) is 3. The van der Waals surface area contributed by atoms with Crippen molar-refractivity contribution >= 4 is 11.8 Å². The third-order valence-electron chi connectivity index (χ3n) is 1.70. The second-order valence-electron chi connectivity index (χ2n) is 2.90. The normalized spacial score (nSPS) is 12.5. The first-order valence-corrected chi connectivity index (χ1v) is 4.27. The van der Waals surface area contributed by atoms with E-state index in [9.17, 15) is 13.6 Å². The third-order valence-corrected chi connectivity index (χ3v) is 1.70. The fraction of sp³-hybridized carbons (Fsp3) is 0.333. The van der Waals surface area contributed by atoms with Gasteiger partial charge in [-0.25, -0.2) is 13.8 Å². The lowest BCUT2D eigenvalue weighted by molar-refractivity contribution is -0.138. The molecule has 0 radical (unpaired) electrons. The quantitative estimate of drug-likeness (QED) is 0.784. The molecule has 0 aliphatic heterocycles. The van der Waals surface area contributed by atoms with Crippen LogP contribution >= 0.6 is 0 Å². The Morgan fingerprint density at radius 3 is 2.73 bits per heavy atom. The molecule has 0 aliphatic rings. The number of rotatable bonds is 5. The lowest BCUT2D eigenvalue weighted by atomic mass is 10.2. The van der Waals surface area contributed by atoms with Gasteiger partial charge in [-0.1, -0.05) is 6.07 Å². The van der Waals surface area contributed by atoms with Gasteiger partial charge >= 0.3 is 5.97 Å². The van der Waals surface area contributed by atoms with Crippen molar-refractivity contribution in [3.05, 3.63) is 24.4 Å². The van der Waals surface area contributed by atoms with Crippen LogP contribution < -0.4 is 5.32 Å². The summed E-state index contributed by atoms with van der Waals surface area (Å²) in [5, 5.41) is 10.8. The molecule has 2 N–H and O–H groups in total. The van der Waals surface area contributed by atoms with Gasteiger partial charge in [0.2, 0.25) is 0 Å². The molecule has 82 valence electrons. The first-order valence-electron chi connectivity index (χ1n) is 4.27. The van der Waals surface area contributed by atoms with E-state index >= 15 is 0 Å². The van der Waals surface area contributed by atoms with Crippen molar-refractivity contribution in [3.63, 3.8) is 0 Å². The van der Waals surface area contributed by atoms with E-state index in [2.05, 4.69) is 10.3 Å². The Bertz CT molecular complexity index is 319. The Kier molecular flexibility index (Phi) is 3.96. The van der Waals surface area contributed by atoms with Gasteiger partial charge in [0.05, 0.1) is 12.5 Å². The molecule has 0 fully saturated rings. The van der Waals surface area contributed by atoms with E-state index in [-0.39, 0.29) is 5.82 Å². The molecule has 0 unspecified atom stereocenters. The summed E-state index contributed by atoms with van der Waals surface area (Å²) in [5.41, 5.74) is 0. The number of anilines is 1. The SMILES string of the molecule is O=C(O)C[C@H](Nc1ccccn1)C(F)F. The maximum atomic E-state index is 12.4. The molecule has 1 heterocycles. The fourth-order valence-corrected chi connectivity index (χ4v) is 1.03. The summed E-state index contributed by atoms with van der Waals surface area (Å²) in [4.78, 5) is 14.1. The van der Waals surface area contributed by atoms with Crippen molar-refractivity contribution in [2.24, 2.45) is 0 Å². The summed E-state index contributed by atoms with van der Waals surface area (Å²) in [6, 6.07) is 3.34. The summed E-state index contributed by atoms with van der Waals surface area (Å²) < 4.78 is 24.8. The lowest BCUT2D eigenvalue weighted by Crippen LogP contribution is -2.30. The van der Waals surface area contributed by atoms with Gasteiger partial charge in [-0.05, 0) is 12.1 Å². The Balaban J connectivity index is 2.63. The van der Waals surface area contributed by atoms with Crippen molar-refractivity contribution in [2.45, 2.75) is 18.9 Å². The number of carboxylic acids is 1. The van der Waals surface area contributed by atoms with Gasteiger partial charge < -0.3 is 10.4 Å². The summed E-state index contributed by atoms with van der Waals surface area (Å²) in [6.45, 7) is 0. The Morgan fingerprint density at radius 2 is 2.27 bits per heavy atom. The molecule has 4 nitrogen and oxygen atoms in total. The van der Waals surface area contributed by atoms with E-state index in [1.807, 2.05) is 0 Å². The fourth-order valence-electron chi connectivity index (χ4n) is 1.03. The molecule has 6 heteroatoms. The number of hydrogen-bond donors (Lipinski definition) is 2. The Hall–Kier alpha value is -1.72. The molecule has 0 saturated carbocycles. The second-order valence-corrected chi connectivity index (χ2v) is 2.90. The number of halogens is 2. The smallest absolute Gasteiger partial charge is 0.305 e. The van der Waals surface area contributed by atoms with E-state index < -0.39 is 24.9 Å². The molecule has 0 aliphatic carbocycles. The number of nitrogens with zero attached hydrogens (tertiary/aromatic N) is 1. The zero-order chi connectivity index (χ0) is 11.3. The van der Waals surface area contributed by atoms with Crippen LogP contribution in [-0.4, -0.2) is 28.5 Å². The molecule has 0 bridgehead atoms. The van der Waals surface area contributed by atoms with Crippen LogP contribution in [0, 0.1) is 0 Å². The van der Waals surface area contributed by atoms with Gasteiger partial charge in [0.1, 0.15) is 5.82 Å². The van der Waals surface area contributed by atoms with Crippen LogP contribution in [0.25, 0.3) is 0 Å². The van der Waals surface area contributed by atoms with Gasteiger partial charge in [0.15, 0.2) is 0 Å². The van der Waals surface area contributed by atoms with Crippen LogP contribution in [0.5, 0.6) is 0 Å². The van der Waals surface area contributed by atoms with Crippen molar-refractivity contribution < 1.29 is 18.7 Å². The van der Waals surface area contributed by atoms with Crippen molar-refractivity contribution in [3.8, 4) is 0 Å². The topological polar surface area (TPSA) is 62.2 Å². The lowest BCUT2D eigenvalue weighted by Gasteiger charge is -2.15. The van der Waals surface area contributed by atoms with Gasteiger partial charge in [-0.3, -0.25) is 4.79 Å². The van der Waals surface area contributed by atoms with E-state index in [0.29, 0.717) is 0 Å². The molecule has 1 aromatic rings. The second kappa shape index (κ2) is 5.23. The number of aliphatic carboxylic acids is 1. The Morgan fingerprint density at radius 1 is 1.53 bits per heavy atom. The third kappa shape index (κ3) is 3.88. The minimum atomic E-state index is -2.75. The van der Waals surface area contributed by atoms with E-state index in [4.69, 9.17) is 5.11 Å². The van der Waals surface area contributed by atoms with E-state index in [1.54, 1.807) is 12.1 Å². The number of pyridine rings is 1. The number of alkyl halides is 2. The molecule has 0 saturated heterocycles. The first kappa shape index (κ1) is 11.4. The highest BCUT2D eigenvalue weighted by Crippen LogP contribution is 2.12. The van der Waals surface area contributed by atoms with Crippen LogP contribution in [0.2, 0.25) is 0 Å². The maximum absolute atomic E-state index is 12.4. The van der Waals surface area contributed by atoms with Crippen LogP contribution in [-0.2, 0) is 4.79 Å². The molecule has 0 aromatic carbocycles. The van der Waals surface area contributed by atoms with Crippen molar-refractivity contribution in [1.82, 2.24) is 4.98 Å². The van der Waals surface area contributed by atoms with Crippen LogP contribution in [0.4, 0.5) is 14.6 Å². The summed E-state index contributed by atoms with van der Waals surface area (Å²) in [5.74, 6) is -1.03. The maximum Gasteiger partial charge on any atom is 0.305 e. The highest BCUT2D eigenvalue weighted by Gasteiger charge is 2.23. The molecule has 0 amide bonds. The first-order chi connectivity index (χ1) is 7.09. The van der Waals surface area contributed by atoms with Crippen LogP contribution in [0.3, 0.4) is 0 Å². The number of carbonyl (C=O) groups is 1. The molecule has 1 atom stereocenters. The molecule has 0 spiro atoms. The molecule has 15 heavy (non-hydrogen) atoms. The monoisotopic (exact) mass is 216 g/mol. The average molecular weight is 216 g/mol.